The molecule has 1 aromatic rings. The molecule has 0 radical (unpaired) electrons. The second kappa shape index (κ2) is 3.42. The van der Waals surface area contributed by atoms with Crippen molar-refractivity contribution in [2.45, 2.75) is 38.5 Å². The van der Waals surface area contributed by atoms with Crippen LogP contribution in [-0.4, -0.2) is 0 Å². The van der Waals surface area contributed by atoms with Crippen LogP contribution in [0.15, 0.2) is 24.3 Å². The van der Waals surface area contributed by atoms with Crippen molar-refractivity contribution in [1.82, 2.24) is 0 Å². The quantitative estimate of drug-likeness (QED) is 0.581. The first-order chi connectivity index (χ1) is 6.93. The molecule has 0 amide bonds. The standard InChI is InChI=1S/C14H18/c1-2-5-13-10-14-7-3-6-12(14)9-8-11(13)4-1/h1-2,4-5,12,14H,3,6-10H2. The van der Waals surface area contributed by atoms with Gasteiger partial charge in [-0.1, -0.05) is 37.1 Å². The van der Waals surface area contributed by atoms with Gasteiger partial charge in [0.1, 0.15) is 0 Å². The summed E-state index contributed by atoms with van der Waals surface area (Å²) >= 11 is 0. The summed E-state index contributed by atoms with van der Waals surface area (Å²) in [6.07, 6.45) is 8.61. The highest BCUT2D eigenvalue weighted by Crippen LogP contribution is 2.40. The smallest absolute Gasteiger partial charge is 0.0245 e. The van der Waals surface area contributed by atoms with E-state index in [9.17, 15) is 0 Å². The lowest BCUT2D eigenvalue weighted by molar-refractivity contribution is 0.375. The van der Waals surface area contributed by atoms with E-state index in [4.69, 9.17) is 0 Å². The minimum absolute atomic E-state index is 1.01. The van der Waals surface area contributed by atoms with E-state index in [2.05, 4.69) is 24.3 Å². The molecular weight excluding hydrogens is 168 g/mol. The van der Waals surface area contributed by atoms with Gasteiger partial charge >= 0.3 is 0 Å². The molecule has 0 spiro atoms. The molecule has 1 saturated carbocycles. The minimum atomic E-state index is 1.01. The lowest BCUT2D eigenvalue weighted by Crippen LogP contribution is -2.08. The van der Waals surface area contributed by atoms with Crippen LogP contribution < -0.4 is 0 Å². The summed E-state index contributed by atoms with van der Waals surface area (Å²) in [5.74, 6) is 2.06. The van der Waals surface area contributed by atoms with E-state index in [-0.39, 0.29) is 0 Å². The molecular formula is C14H18. The number of hydrogen-bond acceptors (Lipinski definition) is 0. The largest absolute Gasteiger partial charge is 0.0620 e. The highest BCUT2D eigenvalue weighted by atomic mass is 14.3. The van der Waals surface area contributed by atoms with Crippen LogP contribution >= 0.6 is 0 Å². The van der Waals surface area contributed by atoms with E-state index < -0.39 is 0 Å². The molecule has 2 unspecified atom stereocenters. The fourth-order valence-corrected chi connectivity index (χ4v) is 3.39. The molecule has 0 aliphatic heterocycles. The maximum absolute atomic E-state index is 2.34. The van der Waals surface area contributed by atoms with Crippen molar-refractivity contribution in [3.63, 3.8) is 0 Å². The fraction of sp³-hybridized carbons (Fsp3) is 0.571. The van der Waals surface area contributed by atoms with Crippen molar-refractivity contribution in [2.24, 2.45) is 11.8 Å². The molecule has 0 heteroatoms. The molecule has 0 bridgehead atoms. The Morgan fingerprint density at radius 1 is 0.857 bits per heavy atom. The first-order valence-electron chi connectivity index (χ1n) is 6.00. The van der Waals surface area contributed by atoms with Crippen LogP contribution in [0.4, 0.5) is 0 Å². The Morgan fingerprint density at radius 3 is 2.57 bits per heavy atom. The summed E-state index contributed by atoms with van der Waals surface area (Å²) in [5.41, 5.74) is 3.27. The van der Waals surface area contributed by atoms with Crippen LogP contribution in [0.5, 0.6) is 0 Å². The lowest BCUT2D eigenvalue weighted by Gasteiger charge is -2.15. The average molecular weight is 186 g/mol. The van der Waals surface area contributed by atoms with E-state index in [1.165, 1.54) is 38.5 Å². The highest BCUT2D eigenvalue weighted by molar-refractivity contribution is 5.29. The number of fused-ring (bicyclic) bond motifs is 2. The molecule has 0 N–H and O–H groups in total. The summed E-state index contributed by atoms with van der Waals surface area (Å²) in [4.78, 5) is 0. The molecule has 2 atom stereocenters. The number of hydrogen-bond donors (Lipinski definition) is 0. The van der Waals surface area contributed by atoms with E-state index in [1.54, 1.807) is 11.1 Å². The summed E-state index contributed by atoms with van der Waals surface area (Å²) in [6, 6.07) is 9.07. The van der Waals surface area contributed by atoms with Gasteiger partial charge in [-0.05, 0) is 48.6 Å². The molecule has 74 valence electrons. The van der Waals surface area contributed by atoms with Gasteiger partial charge in [-0.25, -0.2) is 0 Å². The molecule has 0 aromatic heterocycles. The van der Waals surface area contributed by atoms with Crippen LogP contribution in [0.1, 0.15) is 36.8 Å². The predicted molar refractivity (Wildman–Crippen MR) is 59.3 cm³/mol. The van der Waals surface area contributed by atoms with Crippen LogP contribution in [0.25, 0.3) is 0 Å². The first-order valence-corrected chi connectivity index (χ1v) is 6.00. The summed E-state index contributed by atoms with van der Waals surface area (Å²) in [5, 5.41) is 0. The zero-order valence-corrected chi connectivity index (χ0v) is 8.71. The Balaban J connectivity index is 1.93. The average Bonchev–Trinajstić information content (AvgIpc) is 2.58. The van der Waals surface area contributed by atoms with Crippen molar-refractivity contribution < 1.29 is 0 Å². The van der Waals surface area contributed by atoms with Crippen molar-refractivity contribution in [3.05, 3.63) is 35.4 Å². The van der Waals surface area contributed by atoms with E-state index >= 15 is 0 Å². The van der Waals surface area contributed by atoms with Gasteiger partial charge in [0.2, 0.25) is 0 Å². The normalized spacial score (nSPS) is 30.6. The van der Waals surface area contributed by atoms with Gasteiger partial charge in [0.25, 0.3) is 0 Å². The molecule has 14 heavy (non-hydrogen) atoms. The number of benzene rings is 1. The van der Waals surface area contributed by atoms with Crippen LogP contribution in [0.2, 0.25) is 0 Å². The van der Waals surface area contributed by atoms with Crippen LogP contribution in [0, 0.1) is 11.8 Å². The van der Waals surface area contributed by atoms with Crippen molar-refractivity contribution in [3.8, 4) is 0 Å². The van der Waals surface area contributed by atoms with Gasteiger partial charge in [0, 0.05) is 0 Å². The second-order valence-electron chi connectivity index (χ2n) is 4.96. The van der Waals surface area contributed by atoms with Gasteiger partial charge in [-0.3, -0.25) is 0 Å². The molecule has 2 aliphatic rings. The summed E-state index contributed by atoms with van der Waals surface area (Å²) in [6.45, 7) is 0. The SMILES string of the molecule is c1ccc2c(c1)CCC1CCCC1C2. The van der Waals surface area contributed by atoms with Crippen molar-refractivity contribution in [2.75, 3.05) is 0 Å². The topological polar surface area (TPSA) is 0 Å². The predicted octanol–water partition coefficient (Wildman–Crippen LogP) is 3.59. The maximum Gasteiger partial charge on any atom is -0.0245 e. The molecule has 0 heterocycles. The van der Waals surface area contributed by atoms with Gasteiger partial charge in [0.15, 0.2) is 0 Å². The summed E-state index contributed by atoms with van der Waals surface area (Å²) < 4.78 is 0. The van der Waals surface area contributed by atoms with Gasteiger partial charge in [0.05, 0.1) is 0 Å². The molecule has 0 saturated heterocycles. The third-order valence-electron chi connectivity index (χ3n) is 4.20. The van der Waals surface area contributed by atoms with Crippen molar-refractivity contribution >= 4 is 0 Å². The maximum atomic E-state index is 2.34. The van der Waals surface area contributed by atoms with E-state index in [0.29, 0.717) is 0 Å². The van der Waals surface area contributed by atoms with Gasteiger partial charge in [-0.15, -0.1) is 0 Å². The zero-order chi connectivity index (χ0) is 9.38. The van der Waals surface area contributed by atoms with Crippen LogP contribution in [0.3, 0.4) is 0 Å². The third-order valence-corrected chi connectivity index (χ3v) is 4.20. The monoisotopic (exact) mass is 186 g/mol. The van der Waals surface area contributed by atoms with Gasteiger partial charge < -0.3 is 0 Å². The Labute approximate surface area is 86.3 Å². The second-order valence-corrected chi connectivity index (χ2v) is 4.96. The minimum Gasteiger partial charge on any atom is -0.0620 e. The molecule has 1 fully saturated rings. The van der Waals surface area contributed by atoms with E-state index in [1.807, 2.05) is 0 Å². The van der Waals surface area contributed by atoms with E-state index in [0.717, 1.165) is 11.8 Å². The zero-order valence-electron chi connectivity index (χ0n) is 8.71. The number of aryl methyl sites for hydroxylation is 1. The molecule has 0 nitrogen and oxygen atoms in total. The third kappa shape index (κ3) is 1.37. The molecule has 1 aromatic carbocycles. The number of rotatable bonds is 0. The Morgan fingerprint density at radius 2 is 1.64 bits per heavy atom. The summed E-state index contributed by atoms with van der Waals surface area (Å²) in [7, 11) is 0. The van der Waals surface area contributed by atoms with Gasteiger partial charge in [-0.2, -0.15) is 0 Å². The Kier molecular flexibility index (Phi) is 2.08. The molecule has 2 aliphatic carbocycles. The molecule has 3 rings (SSSR count). The Bertz CT molecular complexity index is 327. The highest BCUT2D eigenvalue weighted by Gasteiger charge is 2.29. The Hall–Kier alpha value is -0.780. The fourth-order valence-electron chi connectivity index (χ4n) is 3.39. The lowest BCUT2D eigenvalue weighted by atomic mass is 9.90. The first kappa shape index (κ1) is 8.52. The van der Waals surface area contributed by atoms with Crippen molar-refractivity contribution in [1.29, 1.82) is 0 Å². The van der Waals surface area contributed by atoms with Crippen LogP contribution in [-0.2, 0) is 12.8 Å².